The largest absolute Gasteiger partial charge is 0.490 e. The molecule has 8 nitrogen and oxygen atoms in total. The van der Waals surface area contributed by atoms with Crippen LogP contribution in [0.4, 0.5) is 11.4 Å². The normalized spacial score (nSPS) is 15.7. The number of carbonyl (C=O) groups is 2. The van der Waals surface area contributed by atoms with Crippen molar-refractivity contribution >= 4 is 23.2 Å². The third kappa shape index (κ3) is 3.10. The van der Waals surface area contributed by atoms with E-state index >= 15 is 0 Å². The molecule has 0 aliphatic carbocycles. The monoisotopic (exact) mass is 358 g/mol. The molecule has 0 atom stereocenters. The van der Waals surface area contributed by atoms with E-state index in [-0.39, 0.29) is 24.3 Å². The van der Waals surface area contributed by atoms with Crippen LogP contribution in [0.5, 0.6) is 11.6 Å². The SMILES string of the molecule is COc1nn(C)cc1C(=O)Nc1ccc2c(c1)OCC(C)(C)C(=O)N2C. The van der Waals surface area contributed by atoms with Gasteiger partial charge >= 0.3 is 0 Å². The molecule has 2 aromatic rings. The molecule has 0 bridgehead atoms. The van der Waals surface area contributed by atoms with Gasteiger partial charge in [0.25, 0.3) is 5.91 Å². The zero-order valence-corrected chi connectivity index (χ0v) is 15.5. The van der Waals surface area contributed by atoms with E-state index < -0.39 is 5.41 Å². The van der Waals surface area contributed by atoms with Gasteiger partial charge in [-0.3, -0.25) is 14.3 Å². The maximum absolute atomic E-state index is 12.5. The molecule has 1 N–H and O–H groups in total. The van der Waals surface area contributed by atoms with Gasteiger partial charge in [-0.1, -0.05) is 0 Å². The van der Waals surface area contributed by atoms with Crippen molar-refractivity contribution in [3.8, 4) is 11.6 Å². The van der Waals surface area contributed by atoms with E-state index in [1.165, 1.54) is 11.8 Å². The van der Waals surface area contributed by atoms with Crippen molar-refractivity contribution in [3.05, 3.63) is 30.0 Å². The topological polar surface area (TPSA) is 85.7 Å². The Labute approximate surface area is 151 Å². The minimum atomic E-state index is -0.625. The molecule has 1 aromatic carbocycles. The first-order valence-corrected chi connectivity index (χ1v) is 8.17. The lowest BCUT2D eigenvalue weighted by atomic mass is 9.93. The van der Waals surface area contributed by atoms with Crippen LogP contribution >= 0.6 is 0 Å². The summed E-state index contributed by atoms with van der Waals surface area (Å²) in [5.41, 5.74) is 0.928. The van der Waals surface area contributed by atoms with Gasteiger partial charge in [0.15, 0.2) is 0 Å². The Morgan fingerprint density at radius 2 is 2.08 bits per heavy atom. The molecule has 0 spiro atoms. The van der Waals surface area contributed by atoms with Crippen LogP contribution in [-0.4, -0.2) is 42.4 Å². The summed E-state index contributed by atoms with van der Waals surface area (Å²) in [5.74, 6) is 0.437. The third-order valence-corrected chi connectivity index (χ3v) is 4.28. The number of nitrogens with zero attached hydrogens (tertiary/aromatic N) is 3. The van der Waals surface area contributed by atoms with Crippen LogP contribution in [0.1, 0.15) is 24.2 Å². The highest BCUT2D eigenvalue weighted by Gasteiger charge is 2.36. The molecule has 0 unspecified atom stereocenters. The Morgan fingerprint density at radius 3 is 2.77 bits per heavy atom. The van der Waals surface area contributed by atoms with Gasteiger partial charge < -0.3 is 19.7 Å². The van der Waals surface area contributed by atoms with Crippen LogP contribution in [-0.2, 0) is 11.8 Å². The van der Waals surface area contributed by atoms with Gasteiger partial charge in [0.2, 0.25) is 11.8 Å². The van der Waals surface area contributed by atoms with Crippen molar-refractivity contribution in [2.24, 2.45) is 12.5 Å². The second kappa shape index (κ2) is 6.36. The van der Waals surface area contributed by atoms with E-state index in [0.717, 1.165) is 0 Å². The predicted octanol–water partition coefficient (Wildman–Crippen LogP) is 2.06. The molecule has 0 radical (unpaired) electrons. The van der Waals surface area contributed by atoms with E-state index in [9.17, 15) is 9.59 Å². The van der Waals surface area contributed by atoms with Crippen LogP contribution in [0, 0.1) is 5.41 Å². The molecule has 1 aliphatic heterocycles. The number of hydrogen-bond donors (Lipinski definition) is 1. The number of carbonyl (C=O) groups excluding carboxylic acids is 2. The zero-order valence-electron chi connectivity index (χ0n) is 15.5. The predicted molar refractivity (Wildman–Crippen MR) is 96.8 cm³/mol. The molecule has 8 heteroatoms. The molecular formula is C18H22N4O4. The zero-order chi connectivity index (χ0) is 19.1. The van der Waals surface area contributed by atoms with E-state index in [1.54, 1.807) is 43.4 Å². The quantitative estimate of drug-likeness (QED) is 0.908. The van der Waals surface area contributed by atoms with Gasteiger partial charge in [-0.2, -0.15) is 0 Å². The van der Waals surface area contributed by atoms with Crippen molar-refractivity contribution in [3.63, 3.8) is 0 Å². The number of nitrogens with one attached hydrogen (secondary N) is 1. The summed E-state index contributed by atoms with van der Waals surface area (Å²) < 4.78 is 12.5. The lowest BCUT2D eigenvalue weighted by Gasteiger charge is -2.24. The van der Waals surface area contributed by atoms with Gasteiger partial charge in [-0.05, 0) is 26.0 Å². The van der Waals surface area contributed by atoms with Gasteiger partial charge in [0.05, 0.1) is 18.2 Å². The summed E-state index contributed by atoms with van der Waals surface area (Å²) in [6.07, 6.45) is 1.59. The number of methoxy groups -OCH3 is 1. The summed E-state index contributed by atoms with van der Waals surface area (Å²) >= 11 is 0. The number of anilines is 2. The second-order valence-electron chi connectivity index (χ2n) is 6.90. The minimum Gasteiger partial charge on any atom is -0.490 e. The van der Waals surface area contributed by atoms with E-state index in [0.29, 0.717) is 22.7 Å². The molecule has 138 valence electrons. The van der Waals surface area contributed by atoms with Gasteiger partial charge in [-0.25, -0.2) is 0 Å². The smallest absolute Gasteiger partial charge is 0.262 e. The maximum atomic E-state index is 12.5. The molecule has 1 aliphatic rings. The summed E-state index contributed by atoms with van der Waals surface area (Å²) in [6, 6.07) is 5.19. The van der Waals surface area contributed by atoms with Crippen molar-refractivity contribution in [1.29, 1.82) is 0 Å². The number of aryl methyl sites for hydroxylation is 1. The second-order valence-corrected chi connectivity index (χ2v) is 6.90. The number of ether oxygens (including phenoxy) is 2. The van der Waals surface area contributed by atoms with Crippen molar-refractivity contribution < 1.29 is 19.1 Å². The number of rotatable bonds is 3. The molecule has 0 saturated carbocycles. The number of amides is 2. The number of fused-ring (bicyclic) bond motifs is 1. The highest BCUT2D eigenvalue weighted by atomic mass is 16.5. The van der Waals surface area contributed by atoms with Crippen molar-refractivity contribution in [2.45, 2.75) is 13.8 Å². The molecule has 3 rings (SSSR count). The fourth-order valence-electron chi connectivity index (χ4n) is 2.84. The fraction of sp³-hybridized carbons (Fsp3) is 0.389. The molecule has 2 amide bonds. The molecule has 26 heavy (non-hydrogen) atoms. The highest BCUT2D eigenvalue weighted by Crippen LogP contribution is 2.37. The number of aromatic nitrogens is 2. The maximum Gasteiger partial charge on any atom is 0.262 e. The Kier molecular flexibility index (Phi) is 4.35. The van der Waals surface area contributed by atoms with Gasteiger partial charge in [0, 0.05) is 32.0 Å². The molecule has 0 fully saturated rings. The molecule has 0 saturated heterocycles. The van der Waals surface area contributed by atoms with E-state index in [4.69, 9.17) is 9.47 Å². The summed E-state index contributed by atoms with van der Waals surface area (Å²) in [5, 5.41) is 6.88. The minimum absolute atomic E-state index is 0.0202. The van der Waals surface area contributed by atoms with Crippen LogP contribution in [0.25, 0.3) is 0 Å². The van der Waals surface area contributed by atoms with Crippen LogP contribution < -0.4 is 19.7 Å². The Balaban J connectivity index is 1.87. The molecule has 1 aromatic heterocycles. The molecular weight excluding hydrogens is 336 g/mol. The summed E-state index contributed by atoms with van der Waals surface area (Å²) in [7, 11) is 4.89. The Bertz CT molecular complexity index is 872. The lowest BCUT2D eigenvalue weighted by Crippen LogP contribution is -2.39. The van der Waals surface area contributed by atoms with E-state index in [2.05, 4.69) is 10.4 Å². The Morgan fingerprint density at radius 1 is 1.35 bits per heavy atom. The first-order valence-electron chi connectivity index (χ1n) is 8.17. The van der Waals surface area contributed by atoms with Gasteiger partial charge in [-0.15, -0.1) is 5.10 Å². The lowest BCUT2D eigenvalue weighted by molar-refractivity contribution is -0.127. The number of benzene rings is 1. The van der Waals surface area contributed by atoms with Gasteiger partial charge in [0.1, 0.15) is 17.9 Å². The Hall–Kier alpha value is -3.03. The van der Waals surface area contributed by atoms with Crippen molar-refractivity contribution in [2.75, 3.05) is 31.0 Å². The fourth-order valence-corrected chi connectivity index (χ4v) is 2.84. The van der Waals surface area contributed by atoms with E-state index in [1.807, 2.05) is 13.8 Å². The van der Waals surface area contributed by atoms with Crippen LogP contribution in [0.3, 0.4) is 0 Å². The first-order chi connectivity index (χ1) is 12.2. The van der Waals surface area contributed by atoms with Crippen molar-refractivity contribution in [1.82, 2.24) is 9.78 Å². The average Bonchev–Trinajstić information content (AvgIpc) is 2.96. The van der Waals surface area contributed by atoms with Crippen LogP contribution in [0.2, 0.25) is 0 Å². The third-order valence-electron chi connectivity index (χ3n) is 4.28. The average molecular weight is 358 g/mol. The summed E-state index contributed by atoms with van der Waals surface area (Å²) in [6.45, 7) is 3.95. The van der Waals surface area contributed by atoms with Crippen LogP contribution in [0.15, 0.2) is 24.4 Å². The first kappa shape index (κ1) is 17.8. The standard InChI is InChI=1S/C18H22N4O4/c1-18(2)10-26-14-8-11(6-7-13(14)22(4)17(18)24)19-15(23)12-9-21(3)20-16(12)25-5/h6-9H,10H2,1-5H3,(H,19,23). The number of hydrogen-bond acceptors (Lipinski definition) is 5. The highest BCUT2D eigenvalue weighted by molar-refractivity contribution is 6.06. The molecule has 2 heterocycles. The summed E-state index contributed by atoms with van der Waals surface area (Å²) in [4.78, 5) is 26.6.